The van der Waals surface area contributed by atoms with E-state index in [9.17, 15) is 0 Å². The lowest BCUT2D eigenvalue weighted by molar-refractivity contribution is 1.07. The lowest BCUT2D eigenvalue weighted by Crippen LogP contribution is -2.03. The van der Waals surface area contributed by atoms with Crippen LogP contribution < -0.4 is 5.32 Å². The molecule has 0 aliphatic heterocycles. The molecule has 4 aromatic rings. The third kappa shape index (κ3) is 3.41. The molecule has 0 saturated heterocycles. The highest BCUT2D eigenvalue weighted by Crippen LogP contribution is 2.18. The standard InChI is InChI=1S/C21H16N4/c1-2-9-20-18(8-1)21(25-15-24-20)23-12-4-3-6-16-10-11-19-17(14-16)7-5-13-22-19/h1-2,5,7-11,13-15H,4,12H2,(H,23,24,25). The van der Waals surface area contributed by atoms with E-state index in [1.165, 1.54) is 0 Å². The summed E-state index contributed by atoms with van der Waals surface area (Å²) in [7, 11) is 0. The van der Waals surface area contributed by atoms with Crippen LogP contribution in [0.3, 0.4) is 0 Å². The first-order valence-electron chi connectivity index (χ1n) is 8.17. The van der Waals surface area contributed by atoms with E-state index < -0.39 is 0 Å². The first-order valence-corrected chi connectivity index (χ1v) is 8.17. The second-order valence-corrected chi connectivity index (χ2v) is 5.63. The fourth-order valence-electron chi connectivity index (χ4n) is 2.71. The molecule has 0 spiro atoms. The summed E-state index contributed by atoms with van der Waals surface area (Å²) in [5.74, 6) is 7.27. The van der Waals surface area contributed by atoms with Gasteiger partial charge in [-0.15, -0.1) is 0 Å². The van der Waals surface area contributed by atoms with Gasteiger partial charge >= 0.3 is 0 Å². The molecule has 0 unspecified atom stereocenters. The van der Waals surface area contributed by atoms with E-state index in [1.54, 1.807) is 12.5 Å². The van der Waals surface area contributed by atoms with E-state index in [4.69, 9.17) is 0 Å². The number of rotatable bonds is 3. The Kier molecular flexibility index (Phi) is 4.21. The molecule has 2 heterocycles. The van der Waals surface area contributed by atoms with Crippen LogP contribution in [-0.4, -0.2) is 21.5 Å². The fourth-order valence-corrected chi connectivity index (χ4v) is 2.71. The summed E-state index contributed by atoms with van der Waals surface area (Å²) in [5.41, 5.74) is 2.94. The monoisotopic (exact) mass is 324 g/mol. The molecule has 0 amide bonds. The molecule has 4 rings (SSSR count). The molecule has 0 bridgehead atoms. The zero-order chi connectivity index (χ0) is 16.9. The molecule has 4 heteroatoms. The molecule has 4 nitrogen and oxygen atoms in total. The van der Waals surface area contributed by atoms with Gasteiger partial charge in [-0.05, 0) is 36.4 Å². The van der Waals surface area contributed by atoms with Gasteiger partial charge in [-0.25, -0.2) is 9.97 Å². The van der Waals surface area contributed by atoms with Crippen molar-refractivity contribution in [2.75, 3.05) is 11.9 Å². The van der Waals surface area contributed by atoms with Gasteiger partial charge in [-0.2, -0.15) is 0 Å². The lowest BCUT2D eigenvalue weighted by Gasteiger charge is -2.05. The van der Waals surface area contributed by atoms with Gasteiger partial charge in [0.25, 0.3) is 0 Å². The quantitative estimate of drug-likeness (QED) is 0.456. The van der Waals surface area contributed by atoms with E-state index in [2.05, 4.69) is 44.2 Å². The minimum absolute atomic E-state index is 0.739. The van der Waals surface area contributed by atoms with Gasteiger partial charge in [0, 0.05) is 35.5 Å². The highest BCUT2D eigenvalue weighted by atomic mass is 15.0. The van der Waals surface area contributed by atoms with Gasteiger partial charge < -0.3 is 5.32 Å². The minimum atomic E-state index is 0.739. The normalized spacial score (nSPS) is 10.4. The van der Waals surface area contributed by atoms with Crippen molar-refractivity contribution in [1.29, 1.82) is 0 Å². The Morgan fingerprint density at radius 1 is 0.880 bits per heavy atom. The maximum atomic E-state index is 4.32. The Balaban J connectivity index is 1.41. The van der Waals surface area contributed by atoms with Crippen molar-refractivity contribution in [2.24, 2.45) is 0 Å². The van der Waals surface area contributed by atoms with Crippen LogP contribution in [-0.2, 0) is 0 Å². The number of para-hydroxylation sites is 1. The summed E-state index contributed by atoms with van der Waals surface area (Å²) in [6.45, 7) is 0.739. The molecule has 25 heavy (non-hydrogen) atoms. The summed E-state index contributed by atoms with van der Waals surface area (Å²) in [5, 5.41) is 5.48. The molecule has 1 N–H and O–H groups in total. The van der Waals surface area contributed by atoms with Crippen LogP contribution in [0, 0.1) is 11.8 Å². The van der Waals surface area contributed by atoms with E-state index in [0.717, 1.165) is 46.2 Å². The molecule has 0 atom stereocenters. The first kappa shape index (κ1) is 15.1. The average molecular weight is 324 g/mol. The van der Waals surface area contributed by atoms with Crippen molar-refractivity contribution in [1.82, 2.24) is 15.0 Å². The predicted octanol–water partition coefficient (Wildman–Crippen LogP) is 4.03. The highest BCUT2D eigenvalue weighted by Gasteiger charge is 2.01. The second-order valence-electron chi connectivity index (χ2n) is 5.63. The van der Waals surface area contributed by atoms with Crippen LogP contribution in [0.4, 0.5) is 5.82 Å². The molecule has 0 aliphatic carbocycles. The van der Waals surface area contributed by atoms with Crippen molar-refractivity contribution in [3.05, 3.63) is 72.7 Å². The van der Waals surface area contributed by atoms with E-state index >= 15 is 0 Å². The molecule has 2 aromatic carbocycles. The van der Waals surface area contributed by atoms with Gasteiger partial charge in [-0.1, -0.05) is 30.0 Å². The van der Waals surface area contributed by atoms with Crippen LogP contribution in [0.5, 0.6) is 0 Å². The zero-order valence-corrected chi connectivity index (χ0v) is 13.6. The maximum absolute atomic E-state index is 4.32. The van der Waals surface area contributed by atoms with Crippen LogP contribution in [0.15, 0.2) is 67.1 Å². The van der Waals surface area contributed by atoms with Crippen LogP contribution in [0.2, 0.25) is 0 Å². The molecule has 0 saturated carbocycles. The summed E-state index contributed by atoms with van der Waals surface area (Å²) in [4.78, 5) is 12.9. The highest BCUT2D eigenvalue weighted by molar-refractivity contribution is 5.88. The Hall–Kier alpha value is -3.45. The van der Waals surface area contributed by atoms with Gasteiger partial charge in [0.2, 0.25) is 0 Å². The van der Waals surface area contributed by atoms with Gasteiger partial charge in [0.1, 0.15) is 12.1 Å². The van der Waals surface area contributed by atoms with E-state index in [1.807, 2.05) is 42.5 Å². The van der Waals surface area contributed by atoms with Crippen LogP contribution in [0.1, 0.15) is 12.0 Å². The molecule has 0 radical (unpaired) electrons. The molecule has 2 aromatic heterocycles. The smallest absolute Gasteiger partial charge is 0.137 e. The minimum Gasteiger partial charge on any atom is -0.368 e. The van der Waals surface area contributed by atoms with Gasteiger partial charge in [0.05, 0.1) is 11.0 Å². The third-order valence-electron chi connectivity index (χ3n) is 3.92. The number of nitrogens with one attached hydrogen (secondary N) is 1. The number of anilines is 1. The number of nitrogens with zero attached hydrogens (tertiary/aromatic N) is 3. The summed E-state index contributed by atoms with van der Waals surface area (Å²) in [6, 6.07) is 18.0. The number of aromatic nitrogens is 3. The maximum Gasteiger partial charge on any atom is 0.137 e. The summed E-state index contributed by atoms with van der Waals surface area (Å²) < 4.78 is 0. The van der Waals surface area contributed by atoms with Crippen molar-refractivity contribution in [2.45, 2.75) is 6.42 Å². The number of pyridine rings is 1. The lowest BCUT2D eigenvalue weighted by atomic mass is 10.1. The van der Waals surface area contributed by atoms with E-state index in [-0.39, 0.29) is 0 Å². The molecular formula is C21H16N4. The van der Waals surface area contributed by atoms with Crippen molar-refractivity contribution >= 4 is 27.6 Å². The fraction of sp³-hybridized carbons (Fsp3) is 0.0952. The zero-order valence-electron chi connectivity index (χ0n) is 13.6. The van der Waals surface area contributed by atoms with Crippen molar-refractivity contribution < 1.29 is 0 Å². The predicted molar refractivity (Wildman–Crippen MR) is 101 cm³/mol. The van der Waals surface area contributed by atoms with Crippen LogP contribution in [0.25, 0.3) is 21.8 Å². The average Bonchev–Trinajstić information content (AvgIpc) is 2.68. The molecule has 0 aliphatic rings. The van der Waals surface area contributed by atoms with Gasteiger partial charge in [-0.3, -0.25) is 4.98 Å². The van der Waals surface area contributed by atoms with Crippen molar-refractivity contribution in [3.63, 3.8) is 0 Å². The summed E-state index contributed by atoms with van der Waals surface area (Å²) >= 11 is 0. The number of hydrogen-bond acceptors (Lipinski definition) is 4. The first-order chi connectivity index (χ1) is 12.4. The summed E-state index contributed by atoms with van der Waals surface area (Å²) in [6.07, 6.45) is 4.12. The Labute approximate surface area is 146 Å². The molecule has 0 fully saturated rings. The van der Waals surface area contributed by atoms with Crippen LogP contribution >= 0.6 is 0 Å². The number of benzene rings is 2. The van der Waals surface area contributed by atoms with Crippen molar-refractivity contribution in [3.8, 4) is 11.8 Å². The Morgan fingerprint density at radius 3 is 2.84 bits per heavy atom. The Bertz CT molecular complexity index is 1090. The topological polar surface area (TPSA) is 50.7 Å². The number of hydrogen-bond donors (Lipinski definition) is 1. The number of fused-ring (bicyclic) bond motifs is 2. The molecule has 120 valence electrons. The van der Waals surface area contributed by atoms with E-state index in [0.29, 0.717) is 0 Å². The third-order valence-corrected chi connectivity index (χ3v) is 3.92. The largest absolute Gasteiger partial charge is 0.368 e. The second kappa shape index (κ2) is 6.98. The van der Waals surface area contributed by atoms with Gasteiger partial charge in [0.15, 0.2) is 0 Å². The molecular weight excluding hydrogens is 308 g/mol. The Morgan fingerprint density at radius 2 is 1.84 bits per heavy atom. The SMILES string of the molecule is C(#Cc1ccc2ncccc2c1)CCNc1ncnc2ccccc12.